The maximum atomic E-state index is 13.0. The van der Waals surface area contributed by atoms with E-state index in [0.29, 0.717) is 39.7 Å². The minimum atomic E-state index is -0.681. The second-order valence-electron chi connectivity index (χ2n) is 6.88. The van der Waals surface area contributed by atoms with Crippen molar-refractivity contribution in [3.63, 3.8) is 0 Å². The van der Waals surface area contributed by atoms with Crippen molar-refractivity contribution < 1.29 is 23.8 Å². The van der Waals surface area contributed by atoms with E-state index in [4.69, 9.17) is 25.8 Å². The standard InChI is InChI=1S/C21H24ClNO5/c1-12-17(20(24)26-3)19(15-8-4-5-9-16(15)22)18(13(2)23-12)21(25)28-11-14-7-6-10-27-14/h4-5,8-9,14,19,23H,6-7,10-11H2,1-3H3/t14-,19-/m1/s1. The molecule has 2 heterocycles. The zero-order chi connectivity index (χ0) is 20.3. The van der Waals surface area contributed by atoms with Gasteiger partial charge in [-0.05, 0) is 38.3 Å². The predicted molar refractivity (Wildman–Crippen MR) is 105 cm³/mol. The normalized spacial score (nSPS) is 22.1. The van der Waals surface area contributed by atoms with Gasteiger partial charge in [-0.15, -0.1) is 0 Å². The molecule has 150 valence electrons. The number of rotatable bonds is 5. The van der Waals surface area contributed by atoms with Crippen molar-refractivity contribution in [2.24, 2.45) is 0 Å². The first kappa shape index (κ1) is 20.4. The van der Waals surface area contributed by atoms with Gasteiger partial charge < -0.3 is 19.5 Å². The van der Waals surface area contributed by atoms with Gasteiger partial charge in [-0.1, -0.05) is 29.8 Å². The summed E-state index contributed by atoms with van der Waals surface area (Å²) in [7, 11) is 1.31. The van der Waals surface area contributed by atoms with Crippen molar-refractivity contribution in [2.45, 2.75) is 38.7 Å². The van der Waals surface area contributed by atoms with Gasteiger partial charge in [0, 0.05) is 23.0 Å². The summed E-state index contributed by atoms with van der Waals surface area (Å²) in [6.45, 7) is 4.42. The van der Waals surface area contributed by atoms with Gasteiger partial charge in [-0.25, -0.2) is 9.59 Å². The molecule has 0 aliphatic carbocycles. The van der Waals surface area contributed by atoms with Gasteiger partial charge >= 0.3 is 11.9 Å². The van der Waals surface area contributed by atoms with Crippen LogP contribution < -0.4 is 5.32 Å². The van der Waals surface area contributed by atoms with Gasteiger partial charge in [0.25, 0.3) is 0 Å². The third-order valence-electron chi connectivity index (χ3n) is 5.03. The van der Waals surface area contributed by atoms with Crippen LogP contribution in [0.25, 0.3) is 0 Å². The van der Waals surface area contributed by atoms with E-state index in [-0.39, 0.29) is 12.7 Å². The molecule has 1 N–H and O–H groups in total. The largest absolute Gasteiger partial charge is 0.466 e. The smallest absolute Gasteiger partial charge is 0.336 e. The molecule has 0 radical (unpaired) electrons. The Morgan fingerprint density at radius 3 is 2.46 bits per heavy atom. The molecular formula is C21H24ClNO5. The SMILES string of the molecule is COC(=O)C1=C(C)NC(C)=C(C(=O)OC[C@H]2CCCO2)[C@@H]1c1ccccc1Cl. The average Bonchev–Trinajstić information content (AvgIpc) is 3.19. The van der Waals surface area contributed by atoms with Crippen LogP contribution in [0.3, 0.4) is 0 Å². The molecule has 0 aromatic heterocycles. The summed E-state index contributed by atoms with van der Waals surface area (Å²) in [4.78, 5) is 25.6. The van der Waals surface area contributed by atoms with Crippen molar-refractivity contribution in [3.05, 3.63) is 57.4 Å². The number of allylic oxidation sites excluding steroid dienone is 2. The Balaban J connectivity index is 1.99. The van der Waals surface area contributed by atoms with Gasteiger partial charge in [0.05, 0.1) is 30.3 Å². The summed E-state index contributed by atoms with van der Waals surface area (Å²) in [5, 5.41) is 3.57. The van der Waals surface area contributed by atoms with Gasteiger partial charge in [0.2, 0.25) is 0 Å². The number of nitrogens with one attached hydrogen (secondary N) is 1. The highest BCUT2D eigenvalue weighted by molar-refractivity contribution is 6.31. The Morgan fingerprint density at radius 2 is 1.86 bits per heavy atom. The van der Waals surface area contributed by atoms with Crippen molar-refractivity contribution in [3.8, 4) is 0 Å². The fraction of sp³-hybridized carbons (Fsp3) is 0.429. The van der Waals surface area contributed by atoms with Crippen molar-refractivity contribution in [1.29, 1.82) is 0 Å². The average molecular weight is 406 g/mol. The first-order valence-corrected chi connectivity index (χ1v) is 9.61. The van der Waals surface area contributed by atoms with Crippen LogP contribution >= 0.6 is 11.6 Å². The highest BCUT2D eigenvalue weighted by Crippen LogP contribution is 2.41. The molecule has 1 aromatic carbocycles. The van der Waals surface area contributed by atoms with Crippen LogP contribution in [0.5, 0.6) is 0 Å². The molecule has 3 rings (SSSR count). The predicted octanol–water partition coefficient (Wildman–Crippen LogP) is 3.47. The lowest BCUT2D eigenvalue weighted by molar-refractivity contribution is -0.142. The summed E-state index contributed by atoms with van der Waals surface area (Å²) in [6.07, 6.45) is 1.74. The minimum Gasteiger partial charge on any atom is -0.466 e. The zero-order valence-corrected chi connectivity index (χ0v) is 17.0. The number of hydrogen-bond donors (Lipinski definition) is 1. The van der Waals surface area contributed by atoms with Crippen LogP contribution in [-0.2, 0) is 23.8 Å². The van der Waals surface area contributed by atoms with E-state index in [1.54, 1.807) is 32.0 Å². The summed E-state index contributed by atoms with van der Waals surface area (Å²) >= 11 is 6.43. The van der Waals surface area contributed by atoms with E-state index in [0.717, 1.165) is 12.8 Å². The maximum Gasteiger partial charge on any atom is 0.336 e. The van der Waals surface area contributed by atoms with Crippen LogP contribution in [0.2, 0.25) is 5.02 Å². The molecule has 2 aliphatic heterocycles. The number of carbonyl (C=O) groups is 2. The lowest BCUT2D eigenvalue weighted by atomic mass is 9.80. The Labute approximate surface area is 169 Å². The van der Waals surface area contributed by atoms with Crippen LogP contribution in [0, 0.1) is 0 Å². The molecule has 6 nitrogen and oxygen atoms in total. The summed E-state index contributed by atoms with van der Waals surface area (Å²) in [5.74, 6) is -1.70. The molecule has 0 amide bonds. The number of esters is 2. The number of hydrogen-bond acceptors (Lipinski definition) is 6. The van der Waals surface area contributed by atoms with Gasteiger partial charge in [0.15, 0.2) is 0 Å². The van der Waals surface area contributed by atoms with Crippen LogP contribution in [-0.4, -0.2) is 38.4 Å². The number of carbonyl (C=O) groups excluding carboxylic acids is 2. The third-order valence-corrected chi connectivity index (χ3v) is 5.37. The molecule has 0 spiro atoms. The number of methoxy groups -OCH3 is 1. The number of dihydropyridines is 1. The second kappa shape index (κ2) is 8.80. The van der Waals surface area contributed by atoms with E-state index in [2.05, 4.69) is 5.32 Å². The first-order chi connectivity index (χ1) is 13.4. The number of halogens is 1. The summed E-state index contributed by atoms with van der Waals surface area (Å²) in [6, 6.07) is 7.15. The number of benzene rings is 1. The molecule has 1 fully saturated rings. The monoisotopic (exact) mass is 405 g/mol. The van der Waals surface area contributed by atoms with E-state index in [9.17, 15) is 9.59 Å². The van der Waals surface area contributed by atoms with Crippen molar-refractivity contribution >= 4 is 23.5 Å². The van der Waals surface area contributed by atoms with Crippen LogP contribution in [0.15, 0.2) is 46.8 Å². The number of ether oxygens (including phenoxy) is 3. The van der Waals surface area contributed by atoms with Crippen molar-refractivity contribution in [1.82, 2.24) is 5.32 Å². The third kappa shape index (κ3) is 4.08. The molecule has 1 saturated heterocycles. The Bertz CT molecular complexity index is 839. The Kier molecular flexibility index (Phi) is 6.42. The van der Waals surface area contributed by atoms with Crippen molar-refractivity contribution in [2.75, 3.05) is 20.3 Å². The molecule has 2 atom stereocenters. The fourth-order valence-corrected chi connectivity index (χ4v) is 3.93. The van der Waals surface area contributed by atoms with E-state index >= 15 is 0 Å². The second-order valence-corrected chi connectivity index (χ2v) is 7.29. The Morgan fingerprint density at radius 1 is 1.18 bits per heavy atom. The highest BCUT2D eigenvalue weighted by Gasteiger charge is 2.38. The Hall–Kier alpha value is -2.31. The fourth-order valence-electron chi connectivity index (χ4n) is 3.69. The topological polar surface area (TPSA) is 73.9 Å². The van der Waals surface area contributed by atoms with Gasteiger partial charge in [-0.2, -0.15) is 0 Å². The molecule has 7 heteroatoms. The van der Waals surface area contributed by atoms with E-state index in [1.807, 2.05) is 6.07 Å². The summed E-state index contributed by atoms with van der Waals surface area (Å²) < 4.78 is 16.1. The minimum absolute atomic E-state index is 0.0856. The van der Waals surface area contributed by atoms with Gasteiger partial charge in [0.1, 0.15) is 6.61 Å². The van der Waals surface area contributed by atoms with E-state index in [1.165, 1.54) is 7.11 Å². The molecule has 2 aliphatic rings. The molecule has 1 aromatic rings. The van der Waals surface area contributed by atoms with E-state index < -0.39 is 17.9 Å². The van der Waals surface area contributed by atoms with Gasteiger partial charge in [-0.3, -0.25) is 0 Å². The molecule has 0 bridgehead atoms. The maximum absolute atomic E-state index is 13.0. The lowest BCUT2D eigenvalue weighted by Gasteiger charge is -2.30. The molecule has 28 heavy (non-hydrogen) atoms. The summed E-state index contributed by atoms with van der Waals surface area (Å²) in [5.41, 5.74) is 2.56. The van der Waals surface area contributed by atoms with Crippen LogP contribution in [0.1, 0.15) is 38.2 Å². The molecule has 0 saturated carbocycles. The molecule has 0 unspecified atom stereocenters. The molecular weight excluding hydrogens is 382 g/mol. The highest BCUT2D eigenvalue weighted by atomic mass is 35.5. The zero-order valence-electron chi connectivity index (χ0n) is 16.2. The first-order valence-electron chi connectivity index (χ1n) is 9.24. The lowest BCUT2D eigenvalue weighted by Crippen LogP contribution is -2.33. The van der Waals surface area contributed by atoms with Crippen LogP contribution in [0.4, 0.5) is 0 Å². The quantitative estimate of drug-likeness (QED) is 0.756.